The highest BCUT2D eigenvalue weighted by Gasteiger charge is 2.24. The molecule has 1 amide bonds. The van der Waals surface area contributed by atoms with Crippen LogP contribution in [0.3, 0.4) is 0 Å². The number of rotatable bonds is 2. The van der Waals surface area contributed by atoms with E-state index in [1.54, 1.807) is 0 Å². The molecular weight excluding hydrogens is 224 g/mol. The molecule has 0 aliphatic carbocycles. The van der Waals surface area contributed by atoms with E-state index in [1.165, 1.54) is 0 Å². The normalized spacial score (nSPS) is 16.7. The zero-order valence-corrected chi connectivity index (χ0v) is 9.95. The molecule has 88 valence electrons. The predicted molar refractivity (Wildman–Crippen MR) is 66.4 cm³/mol. The summed E-state index contributed by atoms with van der Waals surface area (Å²) >= 11 is 0. The molecule has 1 saturated heterocycles. The van der Waals surface area contributed by atoms with Gasteiger partial charge in [-0.25, -0.2) is 0 Å². The number of likely N-dealkylation sites (tertiary alicyclic amines) is 1. The average molecular weight is 241 g/mol. The third-order valence-electron chi connectivity index (χ3n) is 2.84. The molecule has 1 aliphatic heterocycles. The Kier molecular flexibility index (Phi) is 4.77. The Bertz CT molecular complexity index is 336. The second-order valence-electron chi connectivity index (χ2n) is 3.92. The molecular formula is C12H17ClN2O. The zero-order chi connectivity index (χ0) is 10.7. The molecule has 0 aromatic heterocycles. The molecule has 1 heterocycles. The number of benzene rings is 1. The van der Waals surface area contributed by atoms with Gasteiger partial charge in [0, 0.05) is 13.1 Å². The van der Waals surface area contributed by atoms with Gasteiger partial charge in [-0.3, -0.25) is 4.79 Å². The molecule has 16 heavy (non-hydrogen) atoms. The topological polar surface area (TPSA) is 46.3 Å². The lowest BCUT2D eigenvalue weighted by Gasteiger charge is -2.20. The van der Waals surface area contributed by atoms with Crippen molar-refractivity contribution in [2.75, 3.05) is 13.1 Å². The fraction of sp³-hybridized carbons (Fsp3) is 0.417. The number of halogens is 1. The molecule has 2 rings (SSSR count). The quantitative estimate of drug-likeness (QED) is 0.856. The largest absolute Gasteiger partial charge is 0.341 e. The molecule has 1 aliphatic rings. The fourth-order valence-corrected chi connectivity index (χ4v) is 1.94. The Hall–Kier alpha value is -1.06. The van der Waals surface area contributed by atoms with E-state index in [1.807, 2.05) is 35.2 Å². The van der Waals surface area contributed by atoms with Gasteiger partial charge in [0.25, 0.3) is 0 Å². The standard InChI is InChI=1S/C12H16N2O.ClH/c13-11(10-6-2-1-3-7-10)12(15)14-8-4-5-9-14;/h1-3,6-7,11H,4-5,8-9,13H2;1H. The highest BCUT2D eigenvalue weighted by atomic mass is 35.5. The Balaban J connectivity index is 0.00000128. The van der Waals surface area contributed by atoms with Crippen LogP contribution in [0.2, 0.25) is 0 Å². The second kappa shape index (κ2) is 5.87. The molecule has 1 fully saturated rings. The van der Waals surface area contributed by atoms with Crippen LogP contribution in [0.4, 0.5) is 0 Å². The van der Waals surface area contributed by atoms with Crippen LogP contribution in [0.5, 0.6) is 0 Å². The molecule has 1 unspecified atom stereocenters. The van der Waals surface area contributed by atoms with Gasteiger partial charge in [-0.2, -0.15) is 0 Å². The van der Waals surface area contributed by atoms with Gasteiger partial charge in [0.2, 0.25) is 5.91 Å². The number of nitrogens with zero attached hydrogens (tertiary/aromatic N) is 1. The van der Waals surface area contributed by atoms with E-state index in [4.69, 9.17) is 5.73 Å². The van der Waals surface area contributed by atoms with E-state index in [-0.39, 0.29) is 18.3 Å². The lowest BCUT2D eigenvalue weighted by Crippen LogP contribution is -2.36. The smallest absolute Gasteiger partial charge is 0.244 e. The zero-order valence-electron chi connectivity index (χ0n) is 9.13. The lowest BCUT2D eigenvalue weighted by atomic mass is 10.1. The molecule has 0 spiro atoms. The van der Waals surface area contributed by atoms with Crippen LogP contribution in [0, 0.1) is 0 Å². The van der Waals surface area contributed by atoms with Crippen LogP contribution in [0.25, 0.3) is 0 Å². The van der Waals surface area contributed by atoms with Crippen LogP contribution in [-0.4, -0.2) is 23.9 Å². The van der Waals surface area contributed by atoms with E-state index >= 15 is 0 Å². The second-order valence-corrected chi connectivity index (χ2v) is 3.92. The molecule has 0 saturated carbocycles. The highest BCUT2D eigenvalue weighted by molar-refractivity contribution is 5.85. The molecule has 1 atom stereocenters. The maximum Gasteiger partial charge on any atom is 0.244 e. The first-order valence-corrected chi connectivity index (χ1v) is 5.38. The van der Waals surface area contributed by atoms with Gasteiger partial charge in [0.15, 0.2) is 0 Å². The van der Waals surface area contributed by atoms with Crippen molar-refractivity contribution in [3.05, 3.63) is 35.9 Å². The summed E-state index contributed by atoms with van der Waals surface area (Å²) in [7, 11) is 0. The summed E-state index contributed by atoms with van der Waals surface area (Å²) in [5.74, 6) is 0.0544. The summed E-state index contributed by atoms with van der Waals surface area (Å²) in [6, 6.07) is 9.05. The fourth-order valence-electron chi connectivity index (χ4n) is 1.94. The van der Waals surface area contributed by atoms with E-state index in [2.05, 4.69) is 0 Å². The first-order chi connectivity index (χ1) is 7.29. The average Bonchev–Trinajstić information content (AvgIpc) is 2.82. The van der Waals surface area contributed by atoms with Gasteiger partial charge in [0.05, 0.1) is 0 Å². The summed E-state index contributed by atoms with van der Waals surface area (Å²) < 4.78 is 0. The summed E-state index contributed by atoms with van der Waals surface area (Å²) in [5, 5.41) is 0. The minimum atomic E-state index is -0.496. The maximum atomic E-state index is 11.9. The van der Waals surface area contributed by atoms with Gasteiger partial charge in [-0.05, 0) is 18.4 Å². The predicted octanol–water partition coefficient (Wildman–Crippen LogP) is 1.73. The van der Waals surface area contributed by atoms with Crippen molar-refractivity contribution >= 4 is 18.3 Å². The van der Waals surface area contributed by atoms with E-state index < -0.39 is 6.04 Å². The monoisotopic (exact) mass is 240 g/mol. The van der Waals surface area contributed by atoms with E-state index in [9.17, 15) is 4.79 Å². The minimum absolute atomic E-state index is 0. The highest BCUT2D eigenvalue weighted by Crippen LogP contribution is 2.16. The summed E-state index contributed by atoms with van der Waals surface area (Å²) in [5.41, 5.74) is 6.82. The van der Waals surface area contributed by atoms with Gasteiger partial charge in [-0.1, -0.05) is 30.3 Å². The van der Waals surface area contributed by atoms with Crippen molar-refractivity contribution in [2.45, 2.75) is 18.9 Å². The SMILES string of the molecule is Cl.NC(C(=O)N1CCCC1)c1ccccc1. The summed E-state index contributed by atoms with van der Waals surface area (Å²) in [6.07, 6.45) is 2.21. The molecule has 0 bridgehead atoms. The Morgan fingerprint density at radius 1 is 1.19 bits per heavy atom. The number of carbonyl (C=O) groups excluding carboxylic acids is 1. The molecule has 1 aromatic carbocycles. The van der Waals surface area contributed by atoms with E-state index in [0.717, 1.165) is 31.5 Å². The minimum Gasteiger partial charge on any atom is -0.341 e. The maximum absolute atomic E-state index is 11.9. The van der Waals surface area contributed by atoms with Crippen LogP contribution in [0.15, 0.2) is 30.3 Å². The van der Waals surface area contributed by atoms with E-state index in [0.29, 0.717) is 0 Å². The van der Waals surface area contributed by atoms with Gasteiger partial charge in [-0.15, -0.1) is 12.4 Å². The van der Waals surface area contributed by atoms with Crippen LogP contribution in [-0.2, 0) is 4.79 Å². The Morgan fingerprint density at radius 2 is 1.75 bits per heavy atom. The first kappa shape index (κ1) is 13.0. The number of nitrogens with two attached hydrogens (primary N) is 1. The van der Waals surface area contributed by atoms with Crippen LogP contribution in [0.1, 0.15) is 24.4 Å². The van der Waals surface area contributed by atoms with Crippen LogP contribution < -0.4 is 5.73 Å². The summed E-state index contributed by atoms with van der Waals surface area (Å²) in [6.45, 7) is 1.72. The molecule has 2 N–H and O–H groups in total. The van der Waals surface area contributed by atoms with Crippen molar-refractivity contribution in [3.8, 4) is 0 Å². The van der Waals surface area contributed by atoms with Crippen molar-refractivity contribution < 1.29 is 4.79 Å². The third-order valence-corrected chi connectivity index (χ3v) is 2.84. The molecule has 1 aromatic rings. The van der Waals surface area contributed by atoms with Gasteiger partial charge >= 0.3 is 0 Å². The van der Waals surface area contributed by atoms with Crippen molar-refractivity contribution in [1.29, 1.82) is 0 Å². The first-order valence-electron chi connectivity index (χ1n) is 5.38. The molecule has 0 radical (unpaired) electrons. The third kappa shape index (κ3) is 2.74. The van der Waals surface area contributed by atoms with Gasteiger partial charge < -0.3 is 10.6 Å². The lowest BCUT2D eigenvalue weighted by molar-refractivity contribution is -0.131. The summed E-state index contributed by atoms with van der Waals surface area (Å²) in [4.78, 5) is 13.8. The number of amides is 1. The molecule has 3 nitrogen and oxygen atoms in total. The number of carbonyl (C=O) groups is 1. The molecule has 4 heteroatoms. The number of hydrogen-bond donors (Lipinski definition) is 1. The van der Waals surface area contributed by atoms with Crippen molar-refractivity contribution in [3.63, 3.8) is 0 Å². The van der Waals surface area contributed by atoms with Gasteiger partial charge in [0.1, 0.15) is 6.04 Å². The van der Waals surface area contributed by atoms with Crippen molar-refractivity contribution in [1.82, 2.24) is 4.90 Å². The van der Waals surface area contributed by atoms with Crippen molar-refractivity contribution in [2.24, 2.45) is 5.73 Å². The Labute approximate surface area is 102 Å². The number of hydrogen-bond acceptors (Lipinski definition) is 2. The Morgan fingerprint density at radius 3 is 2.31 bits per heavy atom. The van der Waals surface area contributed by atoms with Crippen LogP contribution >= 0.6 is 12.4 Å².